The van der Waals surface area contributed by atoms with Gasteiger partial charge in [-0.2, -0.15) is 0 Å². The van der Waals surface area contributed by atoms with Gasteiger partial charge in [0.05, 0.1) is 0 Å². The molecule has 0 aromatic heterocycles. The minimum Gasteiger partial charge on any atom is -0.303 e. The van der Waals surface area contributed by atoms with Crippen LogP contribution in [-0.4, -0.2) is 14.7 Å². The molecule has 0 spiro atoms. The second kappa shape index (κ2) is 2.92. The van der Waals surface area contributed by atoms with Crippen LogP contribution in [0.2, 0.25) is 0 Å². The second-order valence-corrected chi connectivity index (χ2v) is 1.54. The summed E-state index contributed by atoms with van der Waals surface area (Å²) in [5.41, 5.74) is 0. The number of hydrogen-bond acceptors (Lipinski definition) is 1. The Hall–Kier alpha value is 0.840. The van der Waals surface area contributed by atoms with Gasteiger partial charge < -0.3 is 14.7 Å². The van der Waals surface area contributed by atoms with Crippen LogP contribution in [0.25, 0.3) is 0 Å². The van der Waals surface area contributed by atoms with Crippen LogP contribution in [-0.2, 0) is 4.57 Å². The van der Waals surface area contributed by atoms with Crippen molar-refractivity contribution in [1.29, 1.82) is 0 Å². The summed E-state index contributed by atoms with van der Waals surface area (Å²) in [4.78, 5) is 21.6. The van der Waals surface area contributed by atoms with Crippen molar-refractivity contribution in [3.05, 3.63) is 0 Å². The van der Waals surface area contributed by atoms with E-state index < -0.39 is 7.82 Å². The predicted molar refractivity (Wildman–Crippen MR) is 29.7 cm³/mol. The molecule has 3 N–H and O–H groups in total. The van der Waals surface area contributed by atoms with Gasteiger partial charge in [0.2, 0.25) is 0 Å². The van der Waals surface area contributed by atoms with Gasteiger partial charge in [0.1, 0.15) is 0 Å². The molecule has 0 bridgehead atoms. The lowest BCUT2D eigenvalue weighted by Gasteiger charge is -1.82. The molecule has 4 nitrogen and oxygen atoms in total. The zero-order valence-corrected chi connectivity index (χ0v) is 5.83. The highest BCUT2D eigenvalue weighted by Crippen LogP contribution is 2.25. The summed E-state index contributed by atoms with van der Waals surface area (Å²) < 4.78 is 8.88. The third-order valence-electron chi connectivity index (χ3n) is 0. The van der Waals surface area contributed by atoms with Crippen LogP contribution in [0, 0.1) is 0 Å². The van der Waals surface area contributed by atoms with Crippen molar-refractivity contribution < 1.29 is 19.2 Å². The first kappa shape index (κ1) is 9.96. The van der Waals surface area contributed by atoms with E-state index in [1.54, 1.807) is 0 Å². The van der Waals surface area contributed by atoms with Gasteiger partial charge in [0.15, 0.2) is 0 Å². The Kier molecular flexibility index (Phi) is 4.85. The van der Waals surface area contributed by atoms with E-state index in [9.17, 15) is 0 Å². The molecule has 0 saturated carbocycles. The molecule has 0 unspecified atom stereocenters. The van der Waals surface area contributed by atoms with Crippen molar-refractivity contribution in [3.63, 3.8) is 0 Å². The molecule has 6 heteroatoms. The number of hydrogen-bond donors (Lipinski definition) is 3. The van der Waals surface area contributed by atoms with Gasteiger partial charge in [-0.25, -0.2) is 4.57 Å². The van der Waals surface area contributed by atoms with E-state index in [1.807, 2.05) is 0 Å². The summed E-state index contributed by atoms with van der Waals surface area (Å²) in [6.07, 6.45) is 0. The molecule has 0 amide bonds. The molecule has 0 aliphatic rings. The van der Waals surface area contributed by atoms with E-state index in [2.05, 4.69) is 0 Å². The van der Waals surface area contributed by atoms with Gasteiger partial charge in [-0.3, -0.25) is 0 Å². The van der Waals surface area contributed by atoms with Gasteiger partial charge in [-0.15, -0.1) is 24.0 Å². The van der Waals surface area contributed by atoms with Crippen molar-refractivity contribution in [2.24, 2.45) is 0 Å². The summed E-state index contributed by atoms with van der Waals surface area (Å²) in [6.45, 7) is 0. The molecule has 6 heavy (non-hydrogen) atoms. The molecule has 0 heterocycles. The predicted octanol–water partition coefficient (Wildman–Crippen LogP) is -0.311. The number of phosphoric acid groups is 1. The van der Waals surface area contributed by atoms with Crippen LogP contribution in [0.1, 0.15) is 0 Å². The fraction of sp³-hybridized carbons (Fsp3) is 0. The normalized spacial score (nSPS) is 9.83. The van der Waals surface area contributed by atoms with Crippen LogP contribution >= 0.6 is 31.8 Å². The monoisotopic (exact) mass is 226 g/mol. The third kappa shape index (κ3) is 101. The molecule has 0 fully saturated rings. The highest BCUT2D eigenvalue weighted by molar-refractivity contribution is 14.0. The molecule has 0 atom stereocenters. The van der Waals surface area contributed by atoms with Gasteiger partial charge in [0.25, 0.3) is 0 Å². The molecule has 0 radical (unpaired) electrons. The molecule has 0 aromatic rings. The Morgan fingerprint density at radius 1 is 1.17 bits per heavy atom. The van der Waals surface area contributed by atoms with Crippen LogP contribution in [0.4, 0.5) is 0 Å². The van der Waals surface area contributed by atoms with Gasteiger partial charge in [-0.1, -0.05) is 0 Å². The Morgan fingerprint density at radius 2 is 1.17 bits per heavy atom. The molecule has 0 rings (SSSR count). The zero-order chi connectivity index (χ0) is 4.50. The van der Waals surface area contributed by atoms with Crippen molar-refractivity contribution in [2.75, 3.05) is 0 Å². The molecule has 0 aliphatic carbocycles. The maximum atomic E-state index is 8.88. The van der Waals surface area contributed by atoms with E-state index in [0.717, 1.165) is 0 Å². The first-order valence-electron chi connectivity index (χ1n) is 0.783. The first-order chi connectivity index (χ1) is 2.00. The molecular weight excluding hydrogens is 222 g/mol. The molecule has 40 valence electrons. The topological polar surface area (TPSA) is 77.8 Å². The number of halogens is 1. The maximum Gasteiger partial charge on any atom is 0.466 e. The summed E-state index contributed by atoms with van der Waals surface area (Å²) in [5.74, 6) is 0. The Labute approximate surface area is 51.5 Å². The van der Waals surface area contributed by atoms with Crippen molar-refractivity contribution in [1.82, 2.24) is 0 Å². The first-order valence-corrected chi connectivity index (χ1v) is 2.35. The Bertz CT molecular complexity index is 53.7. The summed E-state index contributed by atoms with van der Waals surface area (Å²) >= 11 is 0. The maximum absolute atomic E-state index is 8.88. The average molecular weight is 226 g/mol. The van der Waals surface area contributed by atoms with Crippen LogP contribution in [0.5, 0.6) is 0 Å². The van der Waals surface area contributed by atoms with Gasteiger partial charge in [0, 0.05) is 0 Å². The lowest BCUT2D eigenvalue weighted by molar-refractivity contribution is 0.275. The van der Waals surface area contributed by atoms with Crippen LogP contribution in [0.3, 0.4) is 0 Å². The van der Waals surface area contributed by atoms with E-state index in [1.165, 1.54) is 0 Å². The highest BCUT2D eigenvalue weighted by atomic mass is 127. The fourth-order valence-electron chi connectivity index (χ4n) is 0. The molecule has 0 aromatic carbocycles. The van der Waals surface area contributed by atoms with Crippen molar-refractivity contribution in [3.8, 4) is 0 Å². The Morgan fingerprint density at radius 3 is 1.17 bits per heavy atom. The summed E-state index contributed by atoms with van der Waals surface area (Å²) in [7, 11) is -4.64. The highest BCUT2D eigenvalue weighted by Gasteiger charge is 2.00. The van der Waals surface area contributed by atoms with Crippen LogP contribution in [0.15, 0.2) is 0 Å². The molecule has 0 aliphatic heterocycles. The standard InChI is InChI=1S/HI.H3O4P/c;1-5(2,3)4/h1H;(H3,1,2,3,4). The SMILES string of the molecule is I.O=P(O)(O)O. The van der Waals surface area contributed by atoms with E-state index in [0.29, 0.717) is 0 Å². The largest absolute Gasteiger partial charge is 0.466 e. The quantitative estimate of drug-likeness (QED) is 0.391. The Balaban J connectivity index is 0. The summed E-state index contributed by atoms with van der Waals surface area (Å²) in [6, 6.07) is 0. The second-order valence-electron chi connectivity index (χ2n) is 0.513. The summed E-state index contributed by atoms with van der Waals surface area (Å²) in [5, 5.41) is 0. The van der Waals surface area contributed by atoms with E-state index in [4.69, 9.17) is 19.2 Å². The van der Waals surface area contributed by atoms with E-state index >= 15 is 0 Å². The minimum atomic E-state index is -4.64. The van der Waals surface area contributed by atoms with Crippen molar-refractivity contribution >= 4 is 31.8 Å². The lowest BCUT2D eigenvalue weighted by Crippen LogP contribution is -1.66. The minimum absolute atomic E-state index is 0. The fourth-order valence-corrected chi connectivity index (χ4v) is 0. The van der Waals surface area contributed by atoms with Crippen molar-refractivity contribution in [2.45, 2.75) is 0 Å². The van der Waals surface area contributed by atoms with E-state index in [-0.39, 0.29) is 24.0 Å². The number of rotatable bonds is 0. The third-order valence-corrected chi connectivity index (χ3v) is 0. The van der Waals surface area contributed by atoms with Gasteiger partial charge >= 0.3 is 7.82 Å². The zero-order valence-electron chi connectivity index (χ0n) is 2.61. The average Bonchev–Trinajstić information content (AvgIpc) is 0.722. The lowest BCUT2D eigenvalue weighted by atomic mass is 15.8. The van der Waals surface area contributed by atoms with Gasteiger partial charge in [-0.05, 0) is 0 Å². The smallest absolute Gasteiger partial charge is 0.303 e. The molecule has 0 saturated heterocycles. The molecular formula is H4IO4P. The van der Waals surface area contributed by atoms with Crippen LogP contribution < -0.4 is 0 Å².